The van der Waals surface area contributed by atoms with E-state index >= 15 is 0 Å². The first kappa shape index (κ1) is 15.7. The predicted octanol–water partition coefficient (Wildman–Crippen LogP) is 2.29. The van der Waals surface area contributed by atoms with Gasteiger partial charge in [0.1, 0.15) is 0 Å². The second kappa shape index (κ2) is 6.16. The highest BCUT2D eigenvalue weighted by Crippen LogP contribution is 2.23. The van der Waals surface area contributed by atoms with Crippen LogP contribution in [0.15, 0.2) is 22.0 Å². The zero-order valence-electron chi connectivity index (χ0n) is 11.6. The van der Waals surface area contributed by atoms with Gasteiger partial charge in [-0.25, -0.2) is 0 Å². The maximum atomic E-state index is 12.1. The summed E-state index contributed by atoms with van der Waals surface area (Å²) in [6.45, 7) is 6.83. The number of hydrogen-bond acceptors (Lipinski definition) is 4. The van der Waals surface area contributed by atoms with E-state index in [1.54, 1.807) is 26.0 Å². The first-order valence-electron chi connectivity index (χ1n) is 5.91. The lowest BCUT2D eigenvalue weighted by Crippen LogP contribution is -2.13. The third kappa shape index (κ3) is 4.33. The standard InChI is InChI=1S/C13H19NO4S/c1-9-7-10(2)13(11(3)8-9)19(16,17)18-6-5-14-12(4)15/h7-8H,5-6H2,1-4H3,(H,14,15). The molecule has 0 heterocycles. The number of rotatable bonds is 5. The van der Waals surface area contributed by atoms with Gasteiger partial charge in [0.05, 0.1) is 18.0 Å². The van der Waals surface area contributed by atoms with Crippen LogP contribution in [-0.4, -0.2) is 32.6 Å². The third-order valence-corrected chi connectivity index (χ3v) is 4.15. The fraction of sp³-hybridized carbons (Fsp3) is 0.462. The van der Waals surface area contributed by atoms with Crippen LogP contribution >= 0.6 is 0 Å². The number of hydrogen-bond donors (Lipinski definition) is 1. The van der Waals surface area contributed by atoms with E-state index in [4.69, 9.17) is 9.29 Å². The summed E-state index contributed by atoms with van der Waals surface area (Å²) in [6, 6.07) is 3.61. The van der Waals surface area contributed by atoms with Crippen LogP contribution in [0.5, 0.6) is 0 Å². The van der Waals surface area contributed by atoms with Crippen molar-refractivity contribution in [3.8, 4) is 0 Å². The molecule has 6 heteroatoms. The molecule has 0 spiro atoms. The van der Waals surface area contributed by atoms with E-state index in [0.29, 0.717) is 11.1 Å². The Morgan fingerprint density at radius 3 is 2.26 bits per heavy atom. The summed E-state index contributed by atoms with van der Waals surface area (Å²) in [5.74, 6) is -0.0938. The van der Waals surface area contributed by atoms with Gasteiger partial charge in [0, 0.05) is 6.92 Å². The van der Waals surface area contributed by atoms with Gasteiger partial charge in [-0.3, -0.25) is 9.18 Å². The van der Waals surface area contributed by atoms with E-state index in [-0.39, 0.29) is 23.9 Å². The number of aliphatic hydroxyl groups is 1. The van der Waals surface area contributed by atoms with Gasteiger partial charge in [-0.1, -0.05) is 17.7 Å². The van der Waals surface area contributed by atoms with Crippen LogP contribution in [0.25, 0.3) is 0 Å². The average Bonchev–Trinajstić information content (AvgIpc) is 2.22. The lowest BCUT2D eigenvalue weighted by Gasteiger charge is -2.11. The van der Waals surface area contributed by atoms with Gasteiger partial charge >= 0.3 is 0 Å². The first-order valence-corrected chi connectivity index (χ1v) is 7.32. The fourth-order valence-corrected chi connectivity index (χ4v) is 3.29. The Morgan fingerprint density at radius 1 is 1.26 bits per heavy atom. The molecule has 0 aliphatic carbocycles. The minimum atomic E-state index is -3.79. The van der Waals surface area contributed by atoms with E-state index in [0.717, 1.165) is 5.56 Å². The molecular weight excluding hydrogens is 266 g/mol. The highest BCUT2D eigenvalue weighted by molar-refractivity contribution is 7.86. The van der Waals surface area contributed by atoms with Crippen LogP contribution in [0.3, 0.4) is 0 Å². The molecule has 1 N–H and O–H groups in total. The van der Waals surface area contributed by atoms with Crippen molar-refractivity contribution in [3.63, 3.8) is 0 Å². The molecule has 0 aromatic heterocycles. The topological polar surface area (TPSA) is 76.0 Å². The summed E-state index contributed by atoms with van der Waals surface area (Å²) in [4.78, 5) is 3.87. The molecular formula is C13H19NO4S. The molecule has 106 valence electrons. The van der Waals surface area contributed by atoms with Gasteiger partial charge in [0.15, 0.2) is 5.90 Å². The molecule has 0 fully saturated rings. The maximum Gasteiger partial charge on any atom is 0.297 e. The summed E-state index contributed by atoms with van der Waals surface area (Å²) in [5, 5.41) is 8.86. The van der Waals surface area contributed by atoms with E-state index in [1.807, 2.05) is 6.92 Å². The fourth-order valence-electron chi connectivity index (χ4n) is 1.97. The Balaban J connectivity index is 2.92. The second-order valence-electron chi connectivity index (χ2n) is 4.43. The van der Waals surface area contributed by atoms with E-state index < -0.39 is 10.1 Å². The van der Waals surface area contributed by atoms with Crippen LogP contribution < -0.4 is 0 Å². The van der Waals surface area contributed by atoms with Crippen molar-refractivity contribution in [1.29, 1.82) is 0 Å². The molecule has 0 aliphatic heterocycles. The van der Waals surface area contributed by atoms with Crippen LogP contribution in [0.4, 0.5) is 0 Å². The van der Waals surface area contributed by atoms with E-state index in [9.17, 15) is 8.42 Å². The Morgan fingerprint density at radius 2 is 1.79 bits per heavy atom. The summed E-state index contributed by atoms with van der Waals surface area (Å²) >= 11 is 0. The van der Waals surface area contributed by atoms with Crippen LogP contribution in [0.2, 0.25) is 0 Å². The van der Waals surface area contributed by atoms with Crippen LogP contribution in [0.1, 0.15) is 23.6 Å². The summed E-state index contributed by atoms with van der Waals surface area (Å²) in [7, 11) is -3.79. The minimum Gasteiger partial charge on any atom is -0.497 e. The number of aliphatic imine (C=N–C) groups is 1. The van der Waals surface area contributed by atoms with Crippen molar-refractivity contribution in [1.82, 2.24) is 0 Å². The SMILES string of the molecule is C/C(O)=N\CCOS(=O)(=O)c1c(C)cc(C)cc1C. The zero-order chi connectivity index (χ0) is 14.6. The Kier molecular flexibility index (Phi) is 5.08. The van der Waals surface area contributed by atoms with Crippen molar-refractivity contribution < 1.29 is 17.7 Å². The summed E-state index contributed by atoms with van der Waals surface area (Å²) in [5.41, 5.74) is 2.34. The first-order chi connectivity index (χ1) is 8.74. The smallest absolute Gasteiger partial charge is 0.297 e. The van der Waals surface area contributed by atoms with Gasteiger partial charge in [-0.2, -0.15) is 8.42 Å². The molecule has 5 nitrogen and oxygen atoms in total. The normalized spacial score (nSPS) is 12.7. The van der Waals surface area contributed by atoms with Gasteiger partial charge < -0.3 is 5.11 Å². The lowest BCUT2D eigenvalue weighted by atomic mass is 10.1. The highest BCUT2D eigenvalue weighted by atomic mass is 32.2. The molecule has 0 saturated heterocycles. The number of aliphatic hydroxyl groups excluding tert-OH is 1. The molecule has 0 saturated carbocycles. The monoisotopic (exact) mass is 285 g/mol. The van der Waals surface area contributed by atoms with Crippen LogP contribution in [-0.2, 0) is 14.3 Å². The Hall–Kier alpha value is -1.40. The van der Waals surface area contributed by atoms with Gasteiger partial charge in [0.25, 0.3) is 10.1 Å². The van der Waals surface area contributed by atoms with E-state index in [2.05, 4.69) is 4.99 Å². The molecule has 1 aromatic rings. The lowest BCUT2D eigenvalue weighted by molar-refractivity contribution is 0.326. The third-order valence-electron chi connectivity index (χ3n) is 2.53. The molecule has 0 unspecified atom stereocenters. The van der Waals surface area contributed by atoms with Crippen LogP contribution in [0, 0.1) is 20.8 Å². The Bertz CT molecular complexity index is 564. The maximum absolute atomic E-state index is 12.1. The van der Waals surface area contributed by atoms with Crippen molar-refractivity contribution >= 4 is 16.0 Å². The quantitative estimate of drug-likeness (QED) is 0.390. The van der Waals surface area contributed by atoms with Crippen molar-refractivity contribution in [2.24, 2.45) is 4.99 Å². The molecule has 1 aromatic carbocycles. The molecule has 0 radical (unpaired) electrons. The number of benzene rings is 1. The van der Waals surface area contributed by atoms with Gasteiger partial charge in [-0.15, -0.1) is 0 Å². The number of aryl methyl sites for hydroxylation is 3. The second-order valence-corrected chi connectivity index (χ2v) is 5.99. The average molecular weight is 285 g/mol. The zero-order valence-corrected chi connectivity index (χ0v) is 12.4. The molecule has 19 heavy (non-hydrogen) atoms. The van der Waals surface area contributed by atoms with Crippen molar-refractivity contribution in [2.75, 3.05) is 13.2 Å². The molecule has 1 rings (SSSR count). The van der Waals surface area contributed by atoms with E-state index in [1.165, 1.54) is 6.92 Å². The Labute approximate surface area is 114 Å². The largest absolute Gasteiger partial charge is 0.497 e. The highest BCUT2D eigenvalue weighted by Gasteiger charge is 2.20. The van der Waals surface area contributed by atoms with Gasteiger partial charge in [-0.05, 0) is 31.9 Å². The van der Waals surface area contributed by atoms with Crippen molar-refractivity contribution in [3.05, 3.63) is 28.8 Å². The van der Waals surface area contributed by atoms with Crippen molar-refractivity contribution in [2.45, 2.75) is 32.6 Å². The molecule has 0 aliphatic rings. The summed E-state index contributed by atoms with van der Waals surface area (Å²) < 4.78 is 29.1. The molecule has 0 atom stereocenters. The molecule has 0 bridgehead atoms. The molecule has 0 amide bonds. The minimum absolute atomic E-state index is 0.0903. The number of nitrogens with zero attached hydrogens (tertiary/aromatic N) is 1. The summed E-state index contributed by atoms with van der Waals surface area (Å²) in [6.07, 6.45) is 0. The van der Waals surface area contributed by atoms with Gasteiger partial charge in [0.2, 0.25) is 0 Å². The predicted molar refractivity (Wildman–Crippen MR) is 74.4 cm³/mol.